The zero-order valence-corrected chi connectivity index (χ0v) is 17.7. The van der Waals surface area contributed by atoms with E-state index in [1.165, 1.54) is 0 Å². The molecule has 29 heavy (non-hydrogen) atoms. The van der Waals surface area contributed by atoms with E-state index in [1.807, 2.05) is 88.4 Å². The first-order valence-electron chi connectivity index (χ1n) is 10.1. The first kappa shape index (κ1) is 22.4. The van der Waals surface area contributed by atoms with E-state index in [-0.39, 0.29) is 34.9 Å². The average Bonchev–Trinajstić information content (AvgIpc) is 2.67. The highest BCUT2D eigenvalue weighted by molar-refractivity contribution is 6.01. The lowest BCUT2D eigenvalue weighted by Gasteiger charge is -2.14. The maximum absolute atomic E-state index is 12.9. The number of Topliss-reactive ketones (excluding diaryl/α,β-unsaturated/α-hetero) is 2. The number of hydrogen-bond donors (Lipinski definition) is 0. The number of ether oxygens (including phenoxy) is 1. The van der Waals surface area contributed by atoms with Crippen molar-refractivity contribution in [1.82, 2.24) is 0 Å². The molecule has 0 saturated heterocycles. The molecule has 0 aliphatic rings. The molecule has 0 aliphatic heterocycles. The molecule has 0 amide bonds. The Balaban J connectivity index is 2.43. The topological polar surface area (TPSA) is 43.4 Å². The number of allylic oxidation sites excluding steroid dienone is 2. The van der Waals surface area contributed by atoms with Crippen molar-refractivity contribution in [3.05, 3.63) is 83.3 Å². The summed E-state index contributed by atoms with van der Waals surface area (Å²) in [6.07, 6.45) is 4.14. The third-order valence-electron chi connectivity index (χ3n) is 4.15. The molecule has 0 fully saturated rings. The second-order valence-corrected chi connectivity index (χ2v) is 7.98. The fraction of sp³-hybridized carbons (Fsp3) is 0.308. The summed E-state index contributed by atoms with van der Waals surface area (Å²) in [7, 11) is 0. The van der Waals surface area contributed by atoms with E-state index in [1.54, 1.807) is 12.2 Å². The van der Waals surface area contributed by atoms with Crippen LogP contribution in [-0.4, -0.2) is 11.6 Å². The predicted octanol–water partition coefficient (Wildman–Crippen LogP) is 6.32. The molecule has 0 atom stereocenters. The van der Waals surface area contributed by atoms with Crippen LogP contribution in [0.25, 0.3) is 12.2 Å². The van der Waals surface area contributed by atoms with E-state index < -0.39 is 0 Å². The van der Waals surface area contributed by atoms with E-state index in [2.05, 4.69) is 0 Å². The maximum Gasteiger partial charge on any atom is 0.198 e. The third kappa shape index (κ3) is 7.90. The number of rotatable bonds is 10. The Kier molecular flexibility index (Phi) is 8.60. The van der Waals surface area contributed by atoms with Crippen LogP contribution in [0.15, 0.2) is 72.2 Å². The molecule has 0 bridgehead atoms. The van der Waals surface area contributed by atoms with Gasteiger partial charge in [0.2, 0.25) is 0 Å². The fourth-order valence-electron chi connectivity index (χ4n) is 2.80. The minimum Gasteiger partial charge on any atom is -0.450 e. The first-order valence-corrected chi connectivity index (χ1v) is 10.1. The predicted molar refractivity (Wildman–Crippen MR) is 119 cm³/mol. The standard InChI is InChI=1S/C26H30O3/c1-19(2)15-23(27)25(17-21-11-7-5-8-12-21)29-26(24(28)16-20(3)4)18-22-13-9-6-10-14-22/h5-14,17-20H,15-16H2,1-4H3/b25-17+,26-18+. The second-order valence-electron chi connectivity index (χ2n) is 7.98. The monoisotopic (exact) mass is 390 g/mol. The van der Waals surface area contributed by atoms with Gasteiger partial charge in [-0.1, -0.05) is 88.4 Å². The molecule has 0 saturated carbocycles. The van der Waals surface area contributed by atoms with E-state index in [0.29, 0.717) is 12.8 Å². The number of hydrogen-bond acceptors (Lipinski definition) is 3. The summed E-state index contributed by atoms with van der Waals surface area (Å²) in [5.41, 5.74) is 1.71. The van der Waals surface area contributed by atoms with Crippen LogP contribution in [0.2, 0.25) is 0 Å². The molecule has 0 heterocycles. The van der Waals surface area contributed by atoms with Gasteiger partial charge in [-0.25, -0.2) is 0 Å². The van der Waals surface area contributed by atoms with Gasteiger partial charge in [0.1, 0.15) is 0 Å². The Hall–Kier alpha value is -2.94. The van der Waals surface area contributed by atoms with E-state index in [9.17, 15) is 9.59 Å². The minimum absolute atomic E-state index is 0.111. The van der Waals surface area contributed by atoms with Crippen LogP contribution in [0.1, 0.15) is 51.7 Å². The van der Waals surface area contributed by atoms with Crippen molar-refractivity contribution in [2.45, 2.75) is 40.5 Å². The third-order valence-corrected chi connectivity index (χ3v) is 4.15. The Morgan fingerprint density at radius 1 is 0.690 bits per heavy atom. The lowest BCUT2D eigenvalue weighted by molar-refractivity contribution is -0.121. The van der Waals surface area contributed by atoms with E-state index >= 15 is 0 Å². The summed E-state index contributed by atoms with van der Waals surface area (Å²) >= 11 is 0. The lowest BCUT2D eigenvalue weighted by Crippen LogP contribution is -2.14. The summed E-state index contributed by atoms with van der Waals surface area (Å²) in [5.74, 6) is 0.560. The highest BCUT2D eigenvalue weighted by Crippen LogP contribution is 2.21. The summed E-state index contributed by atoms with van der Waals surface area (Å²) in [5, 5.41) is 0. The van der Waals surface area contributed by atoms with Crippen LogP contribution >= 0.6 is 0 Å². The van der Waals surface area contributed by atoms with Crippen molar-refractivity contribution in [2.75, 3.05) is 0 Å². The summed E-state index contributed by atoms with van der Waals surface area (Å²) < 4.78 is 6.01. The molecule has 0 aromatic heterocycles. The lowest BCUT2D eigenvalue weighted by atomic mass is 10.0. The Morgan fingerprint density at radius 3 is 1.34 bits per heavy atom. The summed E-state index contributed by atoms with van der Waals surface area (Å²) in [6, 6.07) is 19.1. The Labute approximate surface area is 174 Å². The first-order chi connectivity index (χ1) is 13.8. The molecule has 2 aromatic rings. The van der Waals surface area contributed by atoms with Crippen molar-refractivity contribution < 1.29 is 14.3 Å². The van der Waals surface area contributed by atoms with Crippen LogP contribution < -0.4 is 0 Å². The van der Waals surface area contributed by atoms with Crippen molar-refractivity contribution >= 4 is 23.7 Å². The highest BCUT2D eigenvalue weighted by Gasteiger charge is 2.20. The molecule has 3 heteroatoms. The molecular formula is C26H30O3. The molecule has 152 valence electrons. The van der Waals surface area contributed by atoms with Crippen LogP contribution in [0.3, 0.4) is 0 Å². The van der Waals surface area contributed by atoms with Gasteiger partial charge in [0, 0.05) is 12.8 Å². The Morgan fingerprint density at radius 2 is 1.03 bits per heavy atom. The van der Waals surface area contributed by atoms with Gasteiger partial charge in [-0.15, -0.1) is 0 Å². The molecule has 2 aromatic carbocycles. The van der Waals surface area contributed by atoms with Gasteiger partial charge in [0.15, 0.2) is 23.1 Å². The summed E-state index contributed by atoms with van der Waals surface area (Å²) in [6.45, 7) is 7.96. The van der Waals surface area contributed by atoms with Gasteiger partial charge in [-0.3, -0.25) is 9.59 Å². The number of carbonyl (C=O) groups is 2. The molecule has 0 spiro atoms. The second kappa shape index (κ2) is 11.2. The van der Waals surface area contributed by atoms with Gasteiger partial charge >= 0.3 is 0 Å². The minimum atomic E-state index is -0.111. The molecule has 0 radical (unpaired) electrons. The number of carbonyl (C=O) groups excluding carboxylic acids is 2. The van der Waals surface area contributed by atoms with Crippen LogP contribution in [0.5, 0.6) is 0 Å². The highest BCUT2D eigenvalue weighted by atomic mass is 16.5. The Bertz CT molecular complexity index is 786. The summed E-state index contributed by atoms with van der Waals surface area (Å²) in [4.78, 5) is 25.7. The maximum atomic E-state index is 12.9. The van der Waals surface area contributed by atoms with Gasteiger partial charge in [0.05, 0.1) is 0 Å². The zero-order chi connectivity index (χ0) is 21.2. The van der Waals surface area contributed by atoms with Crippen LogP contribution in [-0.2, 0) is 14.3 Å². The van der Waals surface area contributed by atoms with Gasteiger partial charge in [-0.05, 0) is 35.1 Å². The molecular weight excluding hydrogens is 360 g/mol. The van der Waals surface area contributed by atoms with E-state index in [0.717, 1.165) is 11.1 Å². The van der Waals surface area contributed by atoms with Gasteiger partial charge in [-0.2, -0.15) is 0 Å². The smallest absolute Gasteiger partial charge is 0.198 e. The fourth-order valence-corrected chi connectivity index (χ4v) is 2.80. The molecule has 3 nitrogen and oxygen atoms in total. The normalized spacial score (nSPS) is 12.3. The SMILES string of the molecule is CC(C)CC(=O)/C(=C\c1ccccc1)O/C(=C/c1ccccc1)C(=O)CC(C)C. The van der Waals surface area contributed by atoms with Crippen LogP contribution in [0, 0.1) is 11.8 Å². The van der Waals surface area contributed by atoms with Gasteiger partial charge < -0.3 is 4.74 Å². The van der Waals surface area contributed by atoms with Gasteiger partial charge in [0.25, 0.3) is 0 Å². The van der Waals surface area contributed by atoms with Crippen molar-refractivity contribution in [2.24, 2.45) is 11.8 Å². The molecule has 0 unspecified atom stereocenters. The van der Waals surface area contributed by atoms with Crippen molar-refractivity contribution in [3.8, 4) is 0 Å². The zero-order valence-electron chi connectivity index (χ0n) is 17.7. The quantitative estimate of drug-likeness (QED) is 0.352. The number of benzene rings is 2. The molecule has 0 N–H and O–H groups in total. The van der Waals surface area contributed by atoms with Crippen molar-refractivity contribution in [3.63, 3.8) is 0 Å². The average molecular weight is 391 g/mol. The largest absolute Gasteiger partial charge is 0.450 e. The van der Waals surface area contributed by atoms with Crippen LogP contribution in [0.4, 0.5) is 0 Å². The number of ketones is 2. The molecule has 2 rings (SSSR count). The van der Waals surface area contributed by atoms with E-state index in [4.69, 9.17) is 4.74 Å². The van der Waals surface area contributed by atoms with Crippen molar-refractivity contribution in [1.29, 1.82) is 0 Å². The molecule has 0 aliphatic carbocycles.